The molecule has 2 fully saturated rings. The first-order chi connectivity index (χ1) is 21.6. The number of likely N-dealkylation sites (tertiary alicyclic amines) is 1. The summed E-state index contributed by atoms with van der Waals surface area (Å²) in [5.74, 6) is -0.734. The van der Waals surface area contributed by atoms with E-state index >= 15 is 0 Å². The SMILES string of the molecule is CN(C(=O)CCC[C@@H](NS(=O)(=O)Cc1ccccc1)C(=O)N1CCC[C@H]1C(O)NCc1cc(Cl)ccc1CN)C1CCOCC1. The molecule has 0 radical (unpaired) electrons. The van der Waals surface area contributed by atoms with Crippen molar-refractivity contribution >= 4 is 33.4 Å². The zero-order valence-corrected chi connectivity index (χ0v) is 27.4. The zero-order valence-electron chi connectivity index (χ0n) is 25.9. The number of benzene rings is 2. The Balaban J connectivity index is 1.43. The van der Waals surface area contributed by atoms with Gasteiger partial charge in [0.05, 0.1) is 11.8 Å². The molecule has 0 spiro atoms. The van der Waals surface area contributed by atoms with Crippen LogP contribution in [0.4, 0.5) is 0 Å². The van der Waals surface area contributed by atoms with Gasteiger partial charge in [0, 0.05) is 57.4 Å². The molecule has 4 rings (SSSR count). The van der Waals surface area contributed by atoms with Crippen LogP contribution in [0.5, 0.6) is 0 Å². The standard InChI is InChI=1S/C32H46ClN5O6S/c1-37(27-14-17-44-18-15-27)30(39)11-5-9-28(36-45(42,43)22-23-7-3-2-4-8-23)32(41)38-16-6-10-29(38)31(40)35-21-25-19-26(33)13-12-24(25)20-34/h2-4,7-8,12-13,19,27-29,31,35-36,40H,5-6,9-11,14-18,20-22,34H2,1H3/t28-,29+,31?/m1/s1. The lowest BCUT2D eigenvalue weighted by Crippen LogP contribution is -2.55. The summed E-state index contributed by atoms with van der Waals surface area (Å²) in [5, 5.41) is 14.8. The number of hydrogen-bond donors (Lipinski definition) is 4. The number of carbonyl (C=O) groups excluding carboxylic acids is 2. The minimum atomic E-state index is -3.90. The normalized spacial score (nSPS) is 18.9. The fourth-order valence-corrected chi connectivity index (χ4v) is 7.66. The number of aliphatic hydroxyl groups is 1. The second-order valence-electron chi connectivity index (χ2n) is 11.8. The number of sulfonamides is 1. The van der Waals surface area contributed by atoms with Gasteiger partial charge in [0.15, 0.2) is 0 Å². The van der Waals surface area contributed by atoms with Crippen LogP contribution >= 0.6 is 11.6 Å². The number of halogens is 1. The van der Waals surface area contributed by atoms with Gasteiger partial charge in [-0.15, -0.1) is 0 Å². The van der Waals surface area contributed by atoms with E-state index in [0.29, 0.717) is 62.7 Å². The van der Waals surface area contributed by atoms with Crippen molar-refractivity contribution in [2.24, 2.45) is 5.73 Å². The minimum Gasteiger partial charge on any atom is -0.381 e. The van der Waals surface area contributed by atoms with Crippen LogP contribution in [-0.4, -0.2) is 86.3 Å². The maximum absolute atomic E-state index is 14.0. The number of nitrogens with one attached hydrogen (secondary N) is 2. The number of rotatable bonds is 15. The van der Waals surface area contributed by atoms with E-state index in [1.807, 2.05) is 6.07 Å². The lowest BCUT2D eigenvalue weighted by Gasteiger charge is -2.33. The Labute approximate surface area is 271 Å². The van der Waals surface area contributed by atoms with E-state index in [2.05, 4.69) is 10.0 Å². The molecule has 0 aliphatic carbocycles. The lowest BCUT2D eigenvalue weighted by atomic mass is 10.0. The molecular formula is C32H46ClN5O6S. The predicted molar refractivity (Wildman–Crippen MR) is 173 cm³/mol. The Morgan fingerprint density at radius 1 is 1.13 bits per heavy atom. The van der Waals surface area contributed by atoms with Gasteiger partial charge >= 0.3 is 0 Å². The quantitative estimate of drug-likeness (QED) is 0.212. The van der Waals surface area contributed by atoms with Gasteiger partial charge in [-0.3, -0.25) is 14.9 Å². The van der Waals surface area contributed by atoms with Crippen molar-refractivity contribution in [1.82, 2.24) is 19.8 Å². The molecule has 0 saturated carbocycles. The smallest absolute Gasteiger partial charge is 0.241 e. The summed E-state index contributed by atoms with van der Waals surface area (Å²) < 4.78 is 34.5. The number of hydrogen-bond acceptors (Lipinski definition) is 8. The van der Waals surface area contributed by atoms with Gasteiger partial charge in [0.25, 0.3) is 0 Å². The summed E-state index contributed by atoms with van der Waals surface area (Å²) in [4.78, 5) is 30.3. The number of carbonyl (C=O) groups is 2. The number of ether oxygens (including phenoxy) is 1. The molecule has 0 bridgehead atoms. The van der Waals surface area contributed by atoms with Gasteiger partial charge in [-0.1, -0.05) is 48.0 Å². The first kappa shape index (κ1) is 35.3. The number of nitrogens with two attached hydrogens (primary N) is 1. The third-order valence-corrected chi connectivity index (χ3v) is 10.3. The Morgan fingerprint density at radius 2 is 1.87 bits per heavy atom. The van der Waals surface area contributed by atoms with Gasteiger partial charge in [0.1, 0.15) is 12.3 Å². The maximum atomic E-state index is 14.0. The van der Waals surface area contributed by atoms with E-state index in [1.165, 1.54) is 0 Å². The van der Waals surface area contributed by atoms with Crippen molar-refractivity contribution in [3.8, 4) is 0 Å². The molecule has 2 heterocycles. The highest BCUT2D eigenvalue weighted by Gasteiger charge is 2.38. The van der Waals surface area contributed by atoms with Gasteiger partial charge in [-0.2, -0.15) is 0 Å². The summed E-state index contributed by atoms with van der Waals surface area (Å²) in [6, 6.07) is 12.6. The van der Waals surface area contributed by atoms with Gasteiger partial charge < -0.3 is 25.4 Å². The van der Waals surface area contributed by atoms with E-state index in [9.17, 15) is 23.1 Å². The summed E-state index contributed by atoms with van der Waals surface area (Å²) in [7, 11) is -2.11. The van der Waals surface area contributed by atoms with Gasteiger partial charge in [0.2, 0.25) is 21.8 Å². The second kappa shape index (κ2) is 16.8. The third-order valence-electron chi connectivity index (χ3n) is 8.67. The van der Waals surface area contributed by atoms with Crippen LogP contribution in [0.25, 0.3) is 0 Å². The maximum Gasteiger partial charge on any atom is 0.241 e. The summed E-state index contributed by atoms with van der Waals surface area (Å²) >= 11 is 6.17. The monoisotopic (exact) mass is 663 g/mol. The molecule has 11 nitrogen and oxygen atoms in total. The molecule has 1 unspecified atom stereocenters. The molecule has 0 aromatic heterocycles. The van der Waals surface area contributed by atoms with E-state index in [-0.39, 0.29) is 30.5 Å². The Hall–Kier alpha value is -2.58. The third kappa shape index (κ3) is 10.2. The first-order valence-corrected chi connectivity index (χ1v) is 17.7. The van der Waals surface area contributed by atoms with Crippen LogP contribution in [0.1, 0.15) is 61.6 Å². The molecule has 2 aliphatic heterocycles. The molecule has 2 saturated heterocycles. The second-order valence-corrected chi connectivity index (χ2v) is 14.0. The van der Waals surface area contributed by atoms with Crippen molar-refractivity contribution in [3.63, 3.8) is 0 Å². The zero-order chi connectivity index (χ0) is 32.4. The molecule has 13 heteroatoms. The van der Waals surface area contributed by atoms with Crippen molar-refractivity contribution < 1.29 is 27.9 Å². The molecule has 2 aromatic rings. The average Bonchev–Trinajstić information content (AvgIpc) is 3.53. The average molecular weight is 664 g/mol. The highest BCUT2D eigenvalue weighted by Crippen LogP contribution is 2.24. The van der Waals surface area contributed by atoms with Crippen LogP contribution in [0, 0.1) is 0 Å². The summed E-state index contributed by atoms with van der Waals surface area (Å²) in [6.07, 6.45) is 2.38. The predicted octanol–water partition coefficient (Wildman–Crippen LogP) is 2.49. The summed E-state index contributed by atoms with van der Waals surface area (Å²) in [6.45, 7) is 2.23. The lowest BCUT2D eigenvalue weighted by molar-refractivity contribution is -0.137. The van der Waals surface area contributed by atoms with Gasteiger partial charge in [-0.25, -0.2) is 13.1 Å². The van der Waals surface area contributed by atoms with E-state index in [4.69, 9.17) is 22.1 Å². The van der Waals surface area contributed by atoms with Crippen molar-refractivity contribution in [2.75, 3.05) is 26.8 Å². The topological polar surface area (TPSA) is 154 Å². The largest absolute Gasteiger partial charge is 0.381 e. The van der Waals surface area contributed by atoms with Crippen molar-refractivity contribution in [1.29, 1.82) is 0 Å². The number of amides is 2. The van der Waals surface area contributed by atoms with Crippen LogP contribution in [-0.2, 0) is 43.2 Å². The Bertz CT molecular complexity index is 1380. The molecule has 5 N–H and O–H groups in total. The van der Waals surface area contributed by atoms with Gasteiger partial charge in [-0.05, 0) is 67.3 Å². The molecule has 3 atom stereocenters. The Morgan fingerprint density at radius 3 is 2.58 bits per heavy atom. The fourth-order valence-electron chi connectivity index (χ4n) is 6.10. The van der Waals surface area contributed by atoms with Crippen LogP contribution < -0.4 is 15.8 Å². The van der Waals surface area contributed by atoms with Crippen LogP contribution in [0.2, 0.25) is 5.02 Å². The van der Waals surface area contributed by atoms with E-state index in [0.717, 1.165) is 24.0 Å². The van der Waals surface area contributed by atoms with E-state index in [1.54, 1.807) is 59.3 Å². The number of nitrogens with zero attached hydrogens (tertiary/aromatic N) is 2. The van der Waals surface area contributed by atoms with Crippen LogP contribution in [0.15, 0.2) is 48.5 Å². The van der Waals surface area contributed by atoms with Crippen molar-refractivity contribution in [3.05, 3.63) is 70.2 Å². The molecule has 248 valence electrons. The molecule has 2 amide bonds. The summed E-state index contributed by atoms with van der Waals surface area (Å²) in [5.41, 5.74) is 8.20. The molecule has 2 aromatic carbocycles. The molecular weight excluding hydrogens is 618 g/mol. The fraction of sp³-hybridized carbons (Fsp3) is 0.562. The highest BCUT2D eigenvalue weighted by atomic mass is 35.5. The number of aliphatic hydroxyl groups excluding tert-OH is 1. The van der Waals surface area contributed by atoms with E-state index < -0.39 is 34.2 Å². The Kier molecular flexibility index (Phi) is 13.2. The highest BCUT2D eigenvalue weighted by molar-refractivity contribution is 7.88. The first-order valence-electron chi connectivity index (χ1n) is 15.6. The molecule has 2 aliphatic rings. The van der Waals surface area contributed by atoms with Crippen LogP contribution in [0.3, 0.4) is 0 Å². The van der Waals surface area contributed by atoms with Crippen molar-refractivity contribution in [2.45, 2.75) is 88.1 Å². The molecule has 45 heavy (non-hydrogen) atoms. The minimum absolute atomic E-state index is 0.0447.